The van der Waals surface area contributed by atoms with E-state index in [1.54, 1.807) is 6.07 Å². The van der Waals surface area contributed by atoms with Gasteiger partial charge in [-0.05, 0) is 25.5 Å². The Bertz CT molecular complexity index is 326. The first-order valence-corrected chi connectivity index (χ1v) is 4.72. The van der Waals surface area contributed by atoms with Gasteiger partial charge >= 0.3 is 0 Å². The molecule has 74 valence electrons. The lowest BCUT2D eigenvalue weighted by molar-refractivity contribution is 0.690. The zero-order valence-electron chi connectivity index (χ0n) is 8.33. The van der Waals surface area contributed by atoms with Crippen LogP contribution < -0.4 is 11.1 Å². The summed E-state index contributed by atoms with van der Waals surface area (Å²) in [4.78, 5) is 0. The van der Waals surface area contributed by atoms with Gasteiger partial charge in [0.05, 0.1) is 11.3 Å². The van der Waals surface area contributed by atoms with Crippen LogP contribution in [0.5, 0.6) is 0 Å². The highest BCUT2D eigenvalue weighted by Crippen LogP contribution is 2.13. The Kier molecular flexibility index (Phi) is 3.96. The minimum absolute atomic E-state index is 0.191. The molecule has 3 heteroatoms. The van der Waals surface area contributed by atoms with Crippen LogP contribution in [-0.4, -0.2) is 12.6 Å². The predicted octanol–water partition coefficient (Wildman–Crippen LogP) is 1.71. The second-order valence-electron chi connectivity index (χ2n) is 3.35. The Labute approximate surface area is 84.5 Å². The molecular weight excluding hydrogens is 174 g/mol. The summed E-state index contributed by atoms with van der Waals surface area (Å²) in [6, 6.07) is 9.80. The second kappa shape index (κ2) is 5.25. The molecule has 0 aliphatic heterocycles. The molecule has 0 aromatic heterocycles. The van der Waals surface area contributed by atoms with E-state index in [0.717, 1.165) is 18.7 Å². The van der Waals surface area contributed by atoms with Gasteiger partial charge < -0.3 is 11.1 Å². The van der Waals surface area contributed by atoms with Crippen LogP contribution in [0.15, 0.2) is 24.3 Å². The molecule has 1 rings (SSSR count). The Morgan fingerprint density at radius 1 is 1.50 bits per heavy atom. The Hall–Kier alpha value is -1.53. The van der Waals surface area contributed by atoms with E-state index in [4.69, 9.17) is 11.0 Å². The normalized spacial score (nSPS) is 11.8. The molecule has 14 heavy (non-hydrogen) atoms. The number of nitrogens with two attached hydrogens (primary N) is 1. The molecule has 0 bridgehead atoms. The van der Waals surface area contributed by atoms with Crippen LogP contribution in [0.1, 0.15) is 18.9 Å². The lowest BCUT2D eigenvalue weighted by atomic mass is 10.2. The van der Waals surface area contributed by atoms with Gasteiger partial charge in [0.1, 0.15) is 6.07 Å². The van der Waals surface area contributed by atoms with Crippen molar-refractivity contribution in [3.05, 3.63) is 29.8 Å². The minimum Gasteiger partial charge on any atom is -0.384 e. The van der Waals surface area contributed by atoms with Crippen LogP contribution in [-0.2, 0) is 0 Å². The molecule has 3 N–H and O–H groups in total. The molecule has 1 aromatic carbocycles. The fourth-order valence-electron chi connectivity index (χ4n) is 1.17. The summed E-state index contributed by atoms with van der Waals surface area (Å²) in [5, 5.41) is 12.0. The average Bonchev–Trinajstić information content (AvgIpc) is 2.18. The molecule has 1 aromatic rings. The van der Waals surface area contributed by atoms with Crippen molar-refractivity contribution >= 4 is 5.69 Å². The van der Waals surface area contributed by atoms with Gasteiger partial charge in [0.25, 0.3) is 0 Å². The van der Waals surface area contributed by atoms with Crippen molar-refractivity contribution in [3.8, 4) is 6.07 Å². The maximum Gasteiger partial charge on any atom is 0.101 e. The first kappa shape index (κ1) is 10.6. The fourth-order valence-corrected chi connectivity index (χ4v) is 1.17. The van der Waals surface area contributed by atoms with Crippen molar-refractivity contribution in [1.82, 2.24) is 0 Å². The van der Waals surface area contributed by atoms with Crippen molar-refractivity contribution in [2.75, 3.05) is 11.9 Å². The van der Waals surface area contributed by atoms with Gasteiger partial charge in [-0.1, -0.05) is 12.1 Å². The van der Waals surface area contributed by atoms with Crippen molar-refractivity contribution < 1.29 is 0 Å². The number of anilines is 1. The average molecular weight is 189 g/mol. The van der Waals surface area contributed by atoms with E-state index in [1.807, 2.05) is 25.1 Å². The summed E-state index contributed by atoms with van der Waals surface area (Å²) < 4.78 is 0. The lowest BCUT2D eigenvalue weighted by Crippen LogP contribution is -2.19. The summed E-state index contributed by atoms with van der Waals surface area (Å²) in [5.74, 6) is 0. The highest BCUT2D eigenvalue weighted by Gasteiger charge is 1.99. The van der Waals surface area contributed by atoms with Crippen molar-refractivity contribution in [2.45, 2.75) is 19.4 Å². The zero-order chi connectivity index (χ0) is 10.4. The minimum atomic E-state index is 0.191. The lowest BCUT2D eigenvalue weighted by Gasteiger charge is -2.09. The molecule has 0 fully saturated rings. The van der Waals surface area contributed by atoms with Crippen LogP contribution in [0.2, 0.25) is 0 Å². The summed E-state index contributed by atoms with van der Waals surface area (Å²) >= 11 is 0. The Balaban J connectivity index is 2.54. The first-order valence-electron chi connectivity index (χ1n) is 4.72. The monoisotopic (exact) mass is 189 g/mol. The van der Waals surface area contributed by atoms with E-state index in [9.17, 15) is 0 Å². The number of hydrogen-bond acceptors (Lipinski definition) is 3. The molecule has 0 radical (unpaired) electrons. The van der Waals surface area contributed by atoms with E-state index in [1.165, 1.54) is 0 Å². The van der Waals surface area contributed by atoms with Gasteiger partial charge in [-0.2, -0.15) is 5.26 Å². The number of rotatable bonds is 4. The molecule has 3 nitrogen and oxygen atoms in total. The predicted molar refractivity (Wildman–Crippen MR) is 57.9 cm³/mol. The molecular formula is C11H15N3. The summed E-state index contributed by atoms with van der Waals surface area (Å²) in [6.45, 7) is 2.77. The number of nitriles is 1. The van der Waals surface area contributed by atoms with Gasteiger partial charge in [0.15, 0.2) is 0 Å². The van der Waals surface area contributed by atoms with E-state index in [0.29, 0.717) is 5.56 Å². The van der Waals surface area contributed by atoms with Gasteiger partial charge in [0.2, 0.25) is 0 Å². The number of benzene rings is 1. The number of para-hydroxylation sites is 1. The highest BCUT2D eigenvalue weighted by atomic mass is 14.9. The third-order valence-corrected chi connectivity index (χ3v) is 1.96. The van der Waals surface area contributed by atoms with E-state index in [-0.39, 0.29) is 6.04 Å². The van der Waals surface area contributed by atoms with Crippen LogP contribution in [0.3, 0.4) is 0 Å². The molecule has 0 saturated carbocycles. The summed E-state index contributed by atoms with van der Waals surface area (Å²) in [6.07, 6.45) is 0.903. The smallest absolute Gasteiger partial charge is 0.101 e. The molecule has 0 amide bonds. The molecule has 0 saturated heterocycles. The van der Waals surface area contributed by atoms with Crippen molar-refractivity contribution in [2.24, 2.45) is 5.73 Å². The standard InChI is InChI=1S/C11H15N3/c1-9(13)6-7-14-11-5-3-2-4-10(11)8-12/h2-5,9,14H,6-7,13H2,1H3. The topological polar surface area (TPSA) is 61.8 Å². The second-order valence-corrected chi connectivity index (χ2v) is 3.35. The molecule has 1 atom stereocenters. The number of nitrogens with one attached hydrogen (secondary N) is 1. The van der Waals surface area contributed by atoms with Gasteiger partial charge in [-0.15, -0.1) is 0 Å². The third-order valence-electron chi connectivity index (χ3n) is 1.96. The SMILES string of the molecule is CC(N)CCNc1ccccc1C#N. The Morgan fingerprint density at radius 2 is 2.21 bits per heavy atom. The van der Waals surface area contributed by atoms with Gasteiger partial charge in [-0.3, -0.25) is 0 Å². The third kappa shape index (κ3) is 3.08. The van der Waals surface area contributed by atoms with E-state index < -0.39 is 0 Å². The summed E-state index contributed by atoms with van der Waals surface area (Å²) in [5.41, 5.74) is 7.18. The van der Waals surface area contributed by atoms with Crippen LogP contribution in [0.25, 0.3) is 0 Å². The van der Waals surface area contributed by atoms with Gasteiger partial charge in [-0.25, -0.2) is 0 Å². The van der Waals surface area contributed by atoms with Crippen LogP contribution in [0, 0.1) is 11.3 Å². The van der Waals surface area contributed by atoms with E-state index >= 15 is 0 Å². The van der Waals surface area contributed by atoms with Crippen molar-refractivity contribution in [3.63, 3.8) is 0 Å². The number of hydrogen-bond donors (Lipinski definition) is 2. The Morgan fingerprint density at radius 3 is 2.86 bits per heavy atom. The van der Waals surface area contributed by atoms with Crippen molar-refractivity contribution in [1.29, 1.82) is 5.26 Å². The largest absolute Gasteiger partial charge is 0.384 e. The molecule has 0 heterocycles. The fraction of sp³-hybridized carbons (Fsp3) is 0.364. The zero-order valence-corrected chi connectivity index (χ0v) is 8.33. The summed E-state index contributed by atoms with van der Waals surface area (Å²) in [7, 11) is 0. The molecule has 0 aliphatic rings. The molecule has 1 unspecified atom stereocenters. The first-order chi connectivity index (χ1) is 6.74. The van der Waals surface area contributed by atoms with Crippen LogP contribution >= 0.6 is 0 Å². The van der Waals surface area contributed by atoms with E-state index in [2.05, 4.69) is 11.4 Å². The molecule has 0 aliphatic carbocycles. The molecule has 0 spiro atoms. The highest BCUT2D eigenvalue weighted by molar-refractivity contribution is 5.56. The van der Waals surface area contributed by atoms with Crippen LogP contribution in [0.4, 0.5) is 5.69 Å². The van der Waals surface area contributed by atoms with Gasteiger partial charge in [0, 0.05) is 12.6 Å². The quantitative estimate of drug-likeness (QED) is 0.758. The maximum atomic E-state index is 8.81. The number of nitrogens with zero attached hydrogens (tertiary/aromatic N) is 1. The maximum absolute atomic E-state index is 8.81.